The smallest absolute Gasteiger partial charge is 0.312 e. The SMILES string of the molecule is CC(C)(C)OC(=O)C(CCCCN)C(O)c1nnc(-c2ccncc2)o1. The molecule has 0 saturated carbocycles. The van der Waals surface area contributed by atoms with Gasteiger partial charge in [-0.25, -0.2) is 0 Å². The summed E-state index contributed by atoms with van der Waals surface area (Å²) in [6.45, 7) is 5.86. The van der Waals surface area contributed by atoms with Crippen LogP contribution in [0.25, 0.3) is 11.5 Å². The van der Waals surface area contributed by atoms with E-state index in [2.05, 4.69) is 15.2 Å². The number of esters is 1. The van der Waals surface area contributed by atoms with Crippen molar-refractivity contribution in [3.63, 3.8) is 0 Å². The van der Waals surface area contributed by atoms with Crippen LogP contribution in [0, 0.1) is 5.92 Å². The van der Waals surface area contributed by atoms with Gasteiger partial charge in [0.15, 0.2) is 0 Å². The molecule has 0 aliphatic heterocycles. The Kier molecular flexibility index (Phi) is 6.82. The molecule has 2 unspecified atom stereocenters. The molecule has 0 bridgehead atoms. The highest BCUT2D eigenvalue weighted by Gasteiger charge is 2.35. The molecule has 0 radical (unpaired) electrons. The van der Waals surface area contributed by atoms with Gasteiger partial charge in [0.25, 0.3) is 0 Å². The van der Waals surface area contributed by atoms with E-state index in [1.54, 1.807) is 45.3 Å². The maximum atomic E-state index is 12.5. The number of hydrogen-bond donors (Lipinski definition) is 2. The fraction of sp³-hybridized carbons (Fsp3) is 0.556. The summed E-state index contributed by atoms with van der Waals surface area (Å²) in [5.41, 5.74) is 5.55. The van der Waals surface area contributed by atoms with E-state index >= 15 is 0 Å². The summed E-state index contributed by atoms with van der Waals surface area (Å²) < 4.78 is 11.0. The number of hydrogen-bond acceptors (Lipinski definition) is 8. The van der Waals surface area contributed by atoms with Gasteiger partial charge in [-0.1, -0.05) is 6.42 Å². The van der Waals surface area contributed by atoms with Gasteiger partial charge < -0.3 is 20.0 Å². The van der Waals surface area contributed by atoms with Gasteiger partial charge in [-0.2, -0.15) is 0 Å². The highest BCUT2D eigenvalue weighted by Crippen LogP contribution is 2.30. The summed E-state index contributed by atoms with van der Waals surface area (Å²) in [6.07, 6.45) is 3.81. The van der Waals surface area contributed by atoms with Crippen molar-refractivity contribution in [2.75, 3.05) is 6.54 Å². The lowest BCUT2D eigenvalue weighted by Crippen LogP contribution is -2.32. The van der Waals surface area contributed by atoms with Crippen LogP contribution in [0.2, 0.25) is 0 Å². The van der Waals surface area contributed by atoms with E-state index in [0.29, 0.717) is 24.9 Å². The first kappa shape index (κ1) is 20.0. The van der Waals surface area contributed by atoms with Gasteiger partial charge in [0, 0.05) is 18.0 Å². The van der Waals surface area contributed by atoms with Gasteiger partial charge in [-0.3, -0.25) is 9.78 Å². The van der Waals surface area contributed by atoms with Gasteiger partial charge >= 0.3 is 5.97 Å². The molecule has 3 N–H and O–H groups in total. The number of nitrogens with two attached hydrogens (primary N) is 1. The standard InChI is InChI=1S/C18H26N4O4/c1-18(2,3)26-17(24)13(6-4-5-9-19)14(23)16-22-21-15(25-16)12-7-10-20-11-8-12/h7-8,10-11,13-14,23H,4-6,9,19H2,1-3H3. The van der Waals surface area contributed by atoms with E-state index in [4.69, 9.17) is 14.9 Å². The Labute approximate surface area is 152 Å². The molecule has 26 heavy (non-hydrogen) atoms. The van der Waals surface area contributed by atoms with E-state index < -0.39 is 23.6 Å². The third-order valence-electron chi connectivity index (χ3n) is 3.68. The van der Waals surface area contributed by atoms with Gasteiger partial charge in [-0.15, -0.1) is 10.2 Å². The normalized spacial score (nSPS) is 14.0. The van der Waals surface area contributed by atoms with Gasteiger partial charge in [-0.05, 0) is 52.3 Å². The van der Waals surface area contributed by atoms with Gasteiger partial charge in [0.05, 0.1) is 5.92 Å². The second-order valence-electron chi connectivity index (χ2n) is 7.05. The van der Waals surface area contributed by atoms with E-state index in [9.17, 15) is 9.90 Å². The number of ether oxygens (including phenoxy) is 1. The third kappa shape index (κ3) is 5.60. The second kappa shape index (κ2) is 8.86. The largest absolute Gasteiger partial charge is 0.460 e. The molecular formula is C18H26N4O4. The first-order valence-corrected chi connectivity index (χ1v) is 8.66. The van der Waals surface area contributed by atoms with Crippen LogP contribution in [0.3, 0.4) is 0 Å². The van der Waals surface area contributed by atoms with E-state index in [1.807, 2.05) is 0 Å². The van der Waals surface area contributed by atoms with E-state index in [0.717, 1.165) is 6.42 Å². The van der Waals surface area contributed by atoms with Crippen molar-refractivity contribution in [2.45, 2.75) is 51.7 Å². The summed E-state index contributed by atoms with van der Waals surface area (Å²) >= 11 is 0. The van der Waals surface area contributed by atoms with E-state index in [1.165, 1.54) is 0 Å². The van der Waals surface area contributed by atoms with Crippen LogP contribution >= 0.6 is 0 Å². The molecule has 0 aromatic carbocycles. The molecule has 0 aliphatic carbocycles. The summed E-state index contributed by atoms with van der Waals surface area (Å²) in [4.78, 5) is 16.5. The molecule has 0 fully saturated rings. The predicted octanol–water partition coefficient (Wildman–Crippen LogP) is 2.25. The van der Waals surface area contributed by atoms with Crippen LogP contribution in [0.4, 0.5) is 0 Å². The molecule has 0 amide bonds. The zero-order valence-corrected chi connectivity index (χ0v) is 15.4. The Morgan fingerprint density at radius 2 is 1.96 bits per heavy atom. The number of unbranched alkanes of at least 4 members (excludes halogenated alkanes) is 1. The molecule has 2 rings (SSSR count). The summed E-state index contributed by atoms with van der Waals surface area (Å²) in [5, 5.41) is 18.5. The molecule has 0 aliphatic rings. The monoisotopic (exact) mass is 362 g/mol. The van der Waals surface area contributed by atoms with Crippen molar-refractivity contribution < 1.29 is 19.1 Å². The molecule has 8 heteroatoms. The third-order valence-corrected chi connectivity index (χ3v) is 3.68. The summed E-state index contributed by atoms with van der Waals surface area (Å²) in [7, 11) is 0. The maximum absolute atomic E-state index is 12.5. The second-order valence-corrected chi connectivity index (χ2v) is 7.05. The number of pyridine rings is 1. The van der Waals surface area contributed by atoms with Crippen molar-refractivity contribution in [3.05, 3.63) is 30.4 Å². The lowest BCUT2D eigenvalue weighted by Gasteiger charge is -2.25. The number of aliphatic hydroxyl groups is 1. The van der Waals surface area contributed by atoms with E-state index in [-0.39, 0.29) is 11.8 Å². The average Bonchev–Trinajstić information content (AvgIpc) is 3.07. The molecule has 2 heterocycles. The fourth-order valence-corrected chi connectivity index (χ4v) is 2.43. The fourth-order valence-electron chi connectivity index (χ4n) is 2.43. The Hall–Kier alpha value is -2.32. The Morgan fingerprint density at radius 3 is 2.58 bits per heavy atom. The molecule has 2 aromatic rings. The lowest BCUT2D eigenvalue weighted by molar-refractivity contribution is -0.165. The number of carbonyl (C=O) groups excluding carboxylic acids is 1. The molecule has 2 atom stereocenters. The minimum atomic E-state index is -1.24. The number of carbonyl (C=O) groups is 1. The first-order valence-electron chi connectivity index (χ1n) is 8.66. The minimum Gasteiger partial charge on any atom is -0.460 e. The van der Waals surface area contributed by atoms with Crippen LogP contribution in [0.15, 0.2) is 28.9 Å². The van der Waals surface area contributed by atoms with Crippen LogP contribution in [0.5, 0.6) is 0 Å². The zero-order chi connectivity index (χ0) is 19.2. The Bertz CT molecular complexity index is 697. The van der Waals surface area contributed by atoms with Crippen LogP contribution in [-0.2, 0) is 9.53 Å². The average molecular weight is 362 g/mol. The first-order chi connectivity index (χ1) is 12.3. The van der Waals surface area contributed by atoms with Crippen molar-refractivity contribution in [1.82, 2.24) is 15.2 Å². The number of rotatable bonds is 8. The van der Waals surface area contributed by atoms with Crippen molar-refractivity contribution >= 4 is 5.97 Å². The highest BCUT2D eigenvalue weighted by molar-refractivity contribution is 5.73. The molecular weight excluding hydrogens is 336 g/mol. The number of nitrogens with zero attached hydrogens (tertiary/aromatic N) is 3. The van der Waals surface area contributed by atoms with Crippen LogP contribution in [-0.4, -0.2) is 38.4 Å². The summed E-state index contributed by atoms with van der Waals surface area (Å²) in [6, 6.07) is 3.44. The molecule has 142 valence electrons. The Morgan fingerprint density at radius 1 is 1.27 bits per heavy atom. The molecule has 8 nitrogen and oxygen atoms in total. The maximum Gasteiger partial charge on any atom is 0.312 e. The number of aliphatic hydroxyl groups excluding tert-OH is 1. The quantitative estimate of drug-likeness (QED) is 0.541. The molecule has 0 saturated heterocycles. The lowest BCUT2D eigenvalue weighted by atomic mass is 9.95. The van der Waals surface area contributed by atoms with Crippen molar-refractivity contribution in [2.24, 2.45) is 11.7 Å². The number of aromatic nitrogens is 3. The van der Waals surface area contributed by atoms with Crippen molar-refractivity contribution in [1.29, 1.82) is 0 Å². The zero-order valence-electron chi connectivity index (χ0n) is 15.4. The van der Waals surface area contributed by atoms with Gasteiger partial charge in [0.1, 0.15) is 11.7 Å². The Balaban J connectivity index is 2.18. The van der Waals surface area contributed by atoms with Crippen LogP contribution < -0.4 is 5.73 Å². The minimum absolute atomic E-state index is 0.0135. The van der Waals surface area contributed by atoms with Crippen molar-refractivity contribution in [3.8, 4) is 11.5 Å². The molecule has 0 spiro atoms. The topological polar surface area (TPSA) is 124 Å². The van der Waals surface area contributed by atoms with Gasteiger partial charge in [0.2, 0.25) is 11.8 Å². The predicted molar refractivity (Wildman–Crippen MR) is 94.7 cm³/mol. The molecule has 2 aromatic heterocycles. The summed E-state index contributed by atoms with van der Waals surface area (Å²) in [5.74, 6) is -1.05. The van der Waals surface area contributed by atoms with Crippen LogP contribution in [0.1, 0.15) is 52.0 Å². The highest BCUT2D eigenvalue weighted by atomic mass is 16.6.